The third-order valence-corrected chi connectivity index (χ3v) is 22.8. The molecule has 0 spiro atoms. The van der Waals surface area contributed by atoms with Gasteiger partial charge in [-0.1, -0.05) is 271 Å². The molecule has 7 aromatic carbocycles. The summed E-state index contributed by atoms with van der Waals surface area (Å²) in [5.74, 6) is -0.711. The predicted molar refractivity (Wildman–Crippen MR) is 447 cm³/mol. The van der Waals surface area contributed by atoms with Crippen LogP contribution in [0.1, 0.15) is 237 Å². The highest BCUT2D eigenvalue weighted by atomic mass is 16.6. The maximum absolute atomic E-state index is 13.3. The van der Waals surface area contributed by atoms with Crippen molar-refractivity contribution in [2.24, 2.45) is 11.5 Å². The summed E-state index contributed by atoms with van der Waals surface area (Å²) in [6, 6.07) is 60.1. The van der Waals surface area contributed by atoms with Crippen LogP contribution in [0, 0.1) is 13.8 Å². The summed E-state index contributed by atoms with van der Waals surface area (Å²) in [5.41, 5.74) is 32.2. The Balaban J connectivity index is 0.000000178. The van der Waals surface area contributed by atoms with Gasteiger partial charge in [-0.3, -0.25) is 0 Å². The van der Waals surface area contributed by atoms with Crippen LogP contribution in [0.2, 0.25) is 0 Å². The van der Waals surface area contributed by atoms with Gasteiger partial charge in [-0.05, 0) is 170 Å². The Hall–Kier alpha value is -9.77. The molecular formula is C94H117N7O13. The largest absolute Gasteiger partial charge is 0.479 e. The molecule has 20 nitrogen and oxygen atoms in total. The molecule has 2 aromatic heterocycles. The first-order valence-corrected chi connectivity index (χ1v) is 38.9. The van der Waals surface area contributed by atoms with E-state index in [0.29, 0.717) is 46.7 Å². The van der Waals surface area contributed by atoms with Gasteiger partial charge in [0.05, 0.1) is 72.3 Å². The molecule has 3 heterocycles. The van der Waals surface area contributed by atoms with Crippen LogP contribution in [-0.4, -0.2) is 111 Å². The number of carbonyl (C=O) groups is 2. The van der Waals surface area contributed by atoms with E-state index in [4.69, 9.17) is 46.1 Å². The minimum atomic E-state index is -1.63. The number of allylic oxidation sites excluding steroid dienone is 1. The summed E-state index contributed by atoms with van der Waals surface area (Å²) in [5, 5.41) is 70.2. The minimum absolute atomic E-state index is 0. The SMILES string of the molecule is CC1(C)CC2OC2c2ccccc21.CC1(C)CC=Cc2ccccc21.CC1(C)CCC(O)c2ccccc21.CC1(C)C[C@@H](O)[C@H](N)c2ccccc21.CC1(C)C[C@@H](O)[C@H](N)c2ccccc21.Cc1ncc(-c2nc(-c3ccccc3)c(NC(=O)N[C@@H]3c4ccccc4C(C)(C)C[C@H]3O)cc2C)cn1.O.O=C(O)[C@@H](O)CO.O=C=O. The van der Waals surface area contributed by atoms with Crippen molar-refractivity contribution in [3.05, 3.63) is 279 Å². The van der Waals surface area contributed by atoms with Gasteiger partial charge in [-0.2, -0.15) is 9.59 Å². The van der Waals surface area contributed by atoms with Gasteiger partial charge in [0.1, 0.15) is 11.9 Å². The van der Waals surface area contributed by atoms with Crippen molar-refractivity contribution in [3.8, 4) is 22.5 Å². The summed E-state index contributed by atoms with van der Waals surface area (Å²) in [7, 11) is 0. The first kappa shape index (κ1) is 89.8. The zero-order valence-electron chi connectivity index (χ0n) is 68.2. The van der Waals surface area contributed by atoms with E-state index in [9.17, 15) is 30.0 Å². The first-order valence-electron chi connectivity index (χ1n) is 38.9. The number of benzene rings is 7. The van der Waals surface area contributed by atoms with Crippen molar-refractivity contribution in [2.75, 3.05) is 11.9 Å². The lowest BCUT2D eigenvalue weighted by molar-refractivity contribution is -0.191. The Morgan fingerprint density at radius 1 is 0.535 bits per heavy atom. The molecular weight excluding hydrogens is 1440 g/mol. The average Bonchev–Trinajstić information content (AvgIpc) is 1.61. The predicted octanol–water partition coefficient (Wildman–Crippen LogP) is 15.2. The molecule has 1 fully saturated rings. The lowest BCUT2D eigenvalue weighted by atomic mass is 9.70. The van der Waals surface area contributed by atoms with E-state index in [1.165, 1.54) is 45.4 Å². The van der Waals surface area contributed by atoms with Gasteiger partial charge < -0.3 is 68.1 Å². The molecule has 6 aliphatic carbocycles. The van der Waals surface area contributed by atoms with E-state index >= 15 is 0 Å². The molecule has 10 atom stereocenters. The molecule has 114 heavy (non-hydrogen) atoms. The number of aromatic nitrogens is 3. The smallest absolute Gasteiger partial charge is 0.373 e. The lowest BCUT2D eigenvalue weighted by Crippen LogP contribution is -2.45. The monoisotopic (exact) mass is 1550 g/mol. The van der Waals surface area contributed by atoms with Crippen molar-refractivity contribution < 1.29 is 65.1 Å². The number of aryl methyl sites for hydroxylation is 2. The second-order valence-corrected chi connectivity index (χ2v) is 34.3. The van der Waals surface area contributed by atoms with Crippen LogP contribution in [0.15, 0.2) is 200 Å². The number of pyridine rings is 1. The molecule has 7 aliphatic rings. The third-order valence-electron chi connectivity index (χ3n) is 22.8. The minimum Gasteiger partial charge on any atom is -0.479 e. The Kier molecular flexibility index (Phi) is 30.0. The van der Waals surface area contributed by atoms with Crippen LogP contribution in [-0.2, 0) is 51.6 Å². The van der Waals surface area contributed by atoms with Crippen molar-refractivity contribution in [3.63, 3.8) is 0 Å². The topological polar surface area (TPSA) is 369 Å². The molecule has 1 aliphatic heterocycles. The average molecular weight is 1550 g/mol. The fourth-order valence-electron chi connectivity index (χ4n) is 16.6. The van der Waals surface area contributed by atoms with Gasteiger partial charge >= 0.3 is 18.2 Å². The fourth-order valence-corrected chi connectivity index (χ4v) is 16.6. The Labute approximate surface area is 671 Å². The molecule has 20 heteroatoms. The molecule has 2 amide bonds. The molecule has 9 aromatic rings. The normalized spacial score (nSPS) is 22.7. The second kappa shape index (κ2) is 38.1. The number of urea groups is 1. The van der Waals surface area contributed by atoms with Gasteiger partial charge in [0.15, 0.2) is 6.10 Å². The van der Waals surface area contributed by atoms with E-state index in [0.717, 1.165) is 82.3 Å². The number of carboxylic acids is 1. The van der Waals surface area contributed by atoms with Gasteiger partial charge in [-0.25, -0.2) is 24.5 Å². The number of nitrogens with two attached hydrogens (primary N) is 2. The molecule has 1 saturated heterocycles. The van der Waals surface area contributed by atoms with E-state index in [1.807, 2.05) is 117 Å². The summed E-state index contributed by atoms with van der Waals surface area (Å²) >= 11 is 0. The number of rotatable bonds is 6. The van der Waals surface area contributed by atoms with Crippen LogP contribution in [0.3, 0.4) is 0 Å². The molecule has 16 rings (SSSR count). The number of carboxylic acid groups (broad SMARTS) is 1. The van der Waals surface area contributed by atoms with Crippen LogP contribution in [0.4, 0.5) is 10.5 Å². The third kappa shape index (κ3) is 21.8. The number of aliphatic hydroxyl groups excluding tert-OH is 6. The number of fused-ring (bicyclic) bond motifs is 8. The number of carbonyl (C=O) groups excluding carboxylic acids is 3. The number of nitrogens with zero attached hydrogens (tertiary/aromatic N) is 3. The molecule has 15 N–H and O–H groups in total. The van der Waals surface area contributed by atoms with Crippen molar-refractivity contribution in [1.29, 1.82) is 0 Å². The number of ether oxygens (including phenoxy) is 1. The van der Waals surface area contributed by atoms with Gasteiger partial charge in [0.25, 0.3) is 0 Å². The number of aliphatic hydroxyl groups is 6. The van der Waals surface area contributed by atoms with E-state index in [1.54, 1.807) is 12.4 Å². The molecule has 0 radical (unpaired) electrons. The highest BCUT2D eigenvalue weighted by Gasteiger charge is 2.50. The zero-order valence-corrected chi connectivity index (χ0v) is 68.2. The number of epoxide rings is 1. The van der Waals surface area contributed by atoms with Crippen molar-refractivity contribution >= 4 is 29.9 Å². The molecule has 606 valence electrons. The number of aliphatic carboxylic acids is 1. The van der Waals surface area contributed by atoms with Gasteiger partial charge in [0, 0.05) is 23.5 Å². The van der Waals surface area contributed by atoms with Crippen molar-refractivity contribution in [1.82, 2.24) is 20.3 Å². The summed E-state index contributed by atoms with van der Waals surface area (Å²) in [6.45, 7) is 29.6. The number of nitrogens with one attached hydrogen (secondary N) is 2. The van der Waals surface area contributed by atoms with E-state index in [2.05, 4.69) is 195 Å². The zero-order chi connectivity index (χ0) is 82.5. The number of hydrogen-bond donors (Lipinski definition) is 11. The second-order valence-electron chi connectivity index (χ2n) is 34.3. The first-order chi connectivity index (χ1) is 53.4. The van der Waals surface area contributed by atoms with E-state index < -0.39 is 49.1 Å². The number of amides is 2. The van der Waals surface area contributed by atoms with Gasteiger partial charge in [-0.15, -0.1) is 0 Å². The fraction of sp³-hybridized carbons (Fsp3) is 0.404. The van der Waals surface area contributed by atoms with E-state index in [-0.39, 0.29) is 51.5 Å². The Morgan fingerprint density at radius 2 is 0.956 bits per heavy atom. The van der Waals surface area contributed by atoms with Gasteiger partial charge in [0.2, 0.25) is 0 Å². The maximum Gasteiger partial charge on any atom is 0.373 e. The summed E-state index contributed by atoms with van der Waals surface area (Å²) in [6.07, 6.45) is 12.1. The molecule has 0 saturated carbocycles. The standard InChI is InChI=1S/C30H31N5O2.2C12H17NO.C12H14O.C12H16O.C12H14.C3H6O4.CO2.H2O/c1-18-14-24(27(20-10-6-5-7-11-20)34-26(18)21-16-31-19(2)32-17-21)33-29(37)35-28-22-12-8-9-13-23(22)30(3,4)15-25(28)36;2*1-12(2)7-10(14)11(13)8-5-3-4-6-9(8)12;1-12(2)7-10-11(13-10)8-5-3-4-6-9(8)12;1-12(2)8-7-11(13)9-5-3-4-6-10(9)12;1-12(2)9-5-7-10-6-3-4-8-11(10)12;4-1-2(5)3(6)7;2-1-3;/h5-14,16-17,25,28,36H,15H2,1-4H3,(H2,33,35,37);2*3-6,10-11,14H,7,13H2,1-2H3;3-6,10-11H,7H2,1-2H3;3-6,11,13H,7-8H2,1-2H3;3-8H,9H2,1-2H3;2,4-5H,1H2,(H,6,7);;1H2/t25-,28-;2*10-,11-;;;;2-;;/m111...0../s1. The Morgan fingerprint density at radius 3 is 1.44 bits per heavy atom. The summed E-state index contributed by atoms with van der Waals surface area (Å²) in [4.78, 5) is 52.6. The number of hydrogen-bond acceptors (Lipinski definition) is 16. The quantitative estimate of drug-likeness (QED) is 0.0689. The highest BCUT2D eigenvalue weighted by Crippen LogP contribution is 2.54. The Bertz CT molecular complexity index is 4680. The van der Waals surface area contributed by atoms with Crippen LogP contribution in [0.25, 0.3) is 28.6 Å². The molecule has 3 unspecified atom stereocenters. The highest BCUT2D eigenvalue weighted by molar-refractivity contribution is 5.95. The van der Waals surface area contributed by atoms with Crippen molar-refractivity contribution in [2.45, 2.75) is 235 Å². The molecule has 0 bridgehead atoms. The van der Waals surface area contributed by atoms with Crippen LogP contribution < -0.4 is 22.1 Å². The summed E-state index contributed by atoms with van der Waals surface area (Å²) < 4.78 is 5.64. The number of anilines is 1. The lowest BCUT2D eigenvalue weighted by Gasteiger charge is -2.40. The maximum atomic E-state index is 13.3. The van der Waals surface area contributed by atoms with Crippen LogP contribution in [0.5, 0.6) is 0 Å². The van der Waals surface area contributed by atoms with Crippen LogP contribution >= 0.6 is 0 Å².